The van der Waals surface area contributed by atoms with Crippen LogP contribution in [0.25, 0.3) is 0 Å². The van der Waals surface area contributed by atoms with Gasteiger partial charge in [0.05, 0.1) is 6.61 Å². The van der Waals surface area contributed by atoms with Crippen LogP contribution in [0.5, 0.6) is 0 Å². The van der Waals surface area contributed by atoms with Crippen molar-refractivity contribution in [2.75, 3.05) is 6.61 Å². The second-order valence-corrected chi connectivity index (χ2v) is 4.50. The molecule has 0 bridgehead atoms. The standard InChI is InChI=1S/C12H22O3.C2H4O2/c1-4-6-7-11(5-2)9-15-12(14)8-10(3)13;1-2(3)4/h11H,4-9H2,1-3H3;1H3,(H,3,4). The Balaban J connectivity index is 0. The van der Waals surface area contributed by atoms with Crippen molar-refractivity contribution in [3.05, 3.63) is 0 Å². The molecule has 0 saturated heterocycles. The maximum absolute atomic E-state index is 11.1. The number of rotatable bonds is 8. The molecule has 0 spiro atoms. The number of ketones is 1. The Morgan fingerprint density at radius 3 is 2.05 bits per heavy atom. The van der Waals surface area contributed by atoms with Crippen molar-refractivity contribution in [1.29, 1.82) is 0 Å². The predicted octanol–water partition coefficient (Wildman–Crippen LogP) is 2.82. The molecule has 0 heterocycles. The Morgan fingerprint density at radius 2 is 1.68 bits per heavy atom. The first kappa shape index (κ1) is 19.9. The number of carbonyl (C=O) groups is 3. The molecule has 0 aliphatic rings. The number of esters is 1. The van der Waals surface area contributed by atoms with E-state index in [1.807, 2.05) is 0 Å². The van der Waals surface area contributed by atoms with Gasteiger partial charge in [-0.3, -0.25) is 14.4 Å². The van der Waals surface area contributed by atoms with Gasteiger partial charge in [0.2, 0.25) is 0 Å². The van der Waals surface area contributed by atoms with Crippen molar-refractivity contribution in [3.8, 4) is 0 Å². The van der Waals surface area contributed by atoms with E-state index in [2.05, 4.69) is 13.8 Å². The summed E-state index contributed by atoms with van der Waals surface area (Å²) in [5.41, 5.74) is 0. The quantitative estimate of drug-likeness (QED) is 0.543. The van der Waals surface area contributed by atoms with E-state index in [1.165, 1.54) is 13.3 Å². The van der Waals surface area contributed by atoms with Crippen molar-refractivity contribution in [3.63, 3.8) is 0 Å². The number of ether oxygens (including phenoxy) is 1. The lowest BCUT2D eigenvalue weighted by molar-refractivity contribution is -0.147. The van der Waals surface area contributed by atoms with Gasteiger partial charge in [0.25, 0.3) is 5.97 Å². The number of Topliss-reactive ketones (excluding diaryl/α,β-unsaturated/α-hetero) is 1. The SMILES string of the molecule is CC(=O)O.CCCCC(CC)COC(=O)CC(C)=O. The third kappa shape index (κ3) is 19.1. The van der Waals surface area contributed by atoms with Crippen molar-refractivity contribution in [2.24, 2.45) is 5.92 Å². The highest BCUT2D eigenvalue weighted by Gasteiger charge is 2.11. The van der Waals surface area contributed by atoms with Gasteiger partial charge in [-0.05, 0) is 19.3 Å². The van der Waals surface area contributed by atoms with Crippen LogP contribution in [-0.2, 0) is 19.1 Å². The first-order valence-corrected chi connectivity index (χ1v) is 6.67. The maximum atomic E-state index is 11.1. The maximum Gasteiger partial charge on any atom is 0.313 e. The van der Waals surface area contributed by atoms with Gasteiger partial charge in [-0.15, -0.1) is 0 Å². The second kappa shape index (κ2) is 13.1. The average molecular weight is 274 g/mol. The summed E-state index contributed by atoms with van der Waals surface area (Å²) in [6.45, 7) is 7.19. The second-order valence-electron chi connectivity index (χ2n) is 4.50. The molecule has 5 nitrogen and oxygen atoms in total. The summed E-state index contributed by atoms with van der Waals surface area (Å²) in [5.74, 6) is -0.917. The number of hydrogen-bond acceptors (Lipinski definition) is 4. The highest BCUT2D eigenvalue weighted by Crippen LogP contribution is 2.13. The minimum Gasteiger partial charge on any atom is -0.481 e. The molecule has 0 aliphatic heterocycles. The Morgan fingerprint density at radius 1 is 1.16 bits per heavy atom. The van der Waals surface area contributed by atoms with E-state index < -0.39 is 11.9 Å². The summed E-state index contributed by atoms with van der Waals surface area (Å²) in [5, 5.41) is 7.42. The lowest BCUT2D eigenvalue weighted by atomic mass is 10.0. The Hall–Kier alpha value is -1.39. The van der Waals surface area contributed by atoms with E-state index in [-0.39, 0.29) is 12.2 Å². The monoisotopic (exact) mass is 274 g/mol. The zero-order valence-corrected chi connectivity index (χ0v) is 12.4. The summed E-state index contributed by atoms with van der Waals surface area (Å²) in [4.78, 5) is 30.7. The molecule has 0 aromatic carbocycles. The molecule has 1 N–H and O–H groups in total. The number of carboxylic acids is 1. The fraction of sp³-hybridized carbons (Fsp3) is 0.786. The van der Waals surface area contributed by atoms with Crippen LogP contribution in [-0.4, -0.2) is 29.4 Å². The summed E-state index contributed by atoms with van der Waals surface area (Å²) in [6, 6.07) is 0. The minimum absolute atomic E-state index is 0.0930. The van der Waals surface area contributed by atoms with Crippen molar-refractivity contribution in [2.45, 2.75) is 59.8 Å². The molecule has 0 aromatic rings. The third-order valence-corrected chi connectivity index (χ3v) is 2.42. The fourth-order valence-corrected chi connectivity index (χ4v) is 1.36. The Bertz CT molecular complexity index is 269. The van der Waals surface area contributed by atoms with Gasteiger partial charge >= 0.3 is 5.97 Å². The Kier molecular flexibility index (Phi) is 13.7. The molecule has 0 amide bonds. The molecule has 0 aromatic heterocycles. The van der Waals surface area contributed by atoms with Crippen molar-refractivity contribution in [1.82, 2.24) is 0 Å². The largest absolute Gasteiger partial charge is 0.481 e. The van der Waals surface area contributed by atoms with Gasteiger partial charge in [-0.2, -0.15) is 0 Å². The highest BCUT2D eigenvalue weighted by atomic mass is 16.5. The average Bonchev–Trinajstić information content (AvgIpc) is 2.27. The molecular weight excluding hydrogens is 248 g/mol. The van der Waals surface area contributed by atoms with Crippen LogP contribution in [0.3, 0.4) is 0 Å². The van der Waals surface area contributed by atoms with Gasteiger partial charge in [0, 0.05) is 6.92 Å². The molecule has 1 atom stereocenters. The summed E-state index contributed by atoms with van der Waals surface area (Å²) in [6.07, 6.45) is 4.36. The van der Waals surface area contributed by atoms with Crippen molar-refractivity contribution < 1.29 is 24.2 Å². The molecular formula is C14H26O5. The van der Waals surface area contributed by atoms with E-state index in [0.29, 0.717) is 12.5 Å². The number of hydrogen-bond donors (Lipinski definition) is 1. The Labute approximate surface area is 115 Å². The van der Waals surface area contributed by atoms with Gasteiger partial charge < -0.3 is 9.84 Å². The molecule has 0 saturated carbocycles. The first-order chi connectivity index (χ1) is 8.83. The highest BCUT2D eigenvalue weighted by molar-refractivity contribution is 5.94. The zero-order valence-electron chi connectivity index (χ0n) is 12.4. The van der Waals surface area contributed by atoms with Crippen LogP contribution in [0.2, 0.25) is 0 Å². The smallest absolute Gasteiger partial charge is 0.313 e. The van der Waals surface area contributed by atoms with E-state index in [1.54, 1.807) is 0 Å². The first-order valence-electron chi connectivity index (χ1n) is 6.67. The minimum atomic E-state index is -0.833. The molecule has 5 heteroatoms. The number of aliphatic carboxylic acids is 1. The van der Waals surface area contributed by atoms with Crippen LogP contribution >= 0.6 is 0 Å². The topological polar surface area (TPSA) is 80.7 Å². The van der Waals surface area contributed by atoms with Crippen LogP contribution in [0.15, 0.2) is 0 Å². The van der Waals surface area contributed by atoms with E-state index >= 15 is 0 Å². The van der Waals surface area contributed by atoms with E-state index in [9.17, 15) is 9.59 Å². The number of carboxylic acid groups (broad SMARTS) is 1. The molecule has 0 fully saturated rings. The van der Waals surface area contributed by atoms with Crippen molar-refractivity contribution >= 4 is 17.7 Å². The number of unbranched alkanes of at least 4 members (excludes halogenated alkanes) is 1. The van der Waals surface area contributed by atoms with Gasteiger partial charge in [-0.25, -0.2) is 0 Å². The summed E-state index contributed by atoms with van der Waals surface area (Å²) >= 11 is 0. The molecule has 0 aliphatic carbocycles. The van der Waals surface area contributed by atoms with Gasteiger partial charge in [0.15, 0.2) is 0 Å². The third-order valence-electron chi connectivity index (χ3n) is 2.42. The number of carbonyl (C=O) groups excluding carboxylic acids is 2. The lowest BCUT2D eigenvalue weighted by Crippen LogP contribution is -2.15. The van der Waals surface area contributed by atoms with E-state index in [0.717, 1.165) is 26.2 Å². The van der Waals surface area contributed by atoms with Gasteiger partial charge in [0.1, 0.15) is 12.2 Å². The van der Waals surface area contributed by atoms with Gasteiger partial charge in [-0.1, -0.05) is 33.1 Å². The van der Waals surface area contributed by atoms with Crippen LogP contribution < -0.4 is 0 Å². The molecule has 112 valence electrons. The lowest BCUT2D eigenvalue weighted by Gasteiger charge is -2.14. The van der Waals surface area contributed by atoms with Crippen LogP contribution in [0.4, 0.5) is 0 Å². The normalized spacial score (nSPS) is 10.9. The molecule has 0 radical (unpaired) electrons. The molecule has 1 unspecified atom stereocenters. The van der Waals surface area contributed by atoms with Crippen LogP contribution in [0, 0.1) is 5.92 Å². The zero-order chi connectivity index (χ0) is 15.3. The van der Waals surface area contributed by atoms with E-state index in [4.69, 9.17) is 14.6 Å². The molecule has 0 rings (SSSR count). The summed E-state index contributed by atoms with van der Waals surface area (Å²) in [7, 11) is 0. The predicted molar refractivity (Wildman–Crippen MR) is 72.9 cm³/mol. The van der Waals surface area contributed by atoms with Crippen LogP contribution in [0.1, 0.15) is 59.8 Å². The fourth-order valence-electron chi connectivity index (χ4n) is 1.36. The summed E-state index contributed by atoms with van der Waals surface area (Å²) < 4.78 is 5.04. The molecule has 19 heavy (non-hydrogen) atoms.